The monoisotopic (exact) mass is 431 g/mol. The standard InChI is InChI=1S/C23H21N5O4/c1-30-17-6-4-16(5-7-17)18-14-22(25-15-24-18)27-8-10-28(11-9-27)23(29)19-13-21(32-26-19)20-3-2-12-31-20/h2-7,12-15H,8-11H2,1H3. The zero-order chi connectivity index (χ0) is 21.9. The molecule has 1 amide bonds. The number of benzene rings is 1. The fraction of sp³-hybridized carbons (Fsp3) is 0.217. The van der Waals surface area contributed by atoms with Crippen molar-refractivity contribution in [3.05, 3.63) is 66.8 Å². The van der Waals surface area contributed by atoms with Gasteiger partial charge in [-0.2, -0.15) is 0 Å². The fourth-order valence-electron chi connectivity index (χ4n) is 3.65. The summed E-state index contributed by atoms with van der Waals surface area (Å²) < 4.78 is 15.8. The van der Waals surface area contributed by atoms with E-state index in [0.29, 0.717) is 37.7 Å². The Morgan fingerprint density at radius 1 is 1.00 bits per heavy atom. The number of piperazine rings is 1. The lowest BCUT2D eigenvalue weighted by Crippen LogP contribution is -2.49. The van der Waals surface area contributed by atoms with Gasteiger partial charge in [0.15, 0.2) is 11.5 Å². The lowest BCUT2D eigenvalue weighted by Gasteiger charge is -2.35. The third-order valence-corrected chi connectivity index (χ3v) is 5.42. The zero-order valence-electron chi connectivity index (χ0n) is 17.5. The van der Waals surface area contributed by atoms with Gasteiger partial charge in [0, 0.05) is 43.9 Å². The maximum absolute atomic E-state index is 12.8. The van der Waals surface area contributed by atoms with Crippen molar-refractivity contribution >= 4 is 11.7 Å². The zero-order valence-corrected chi connectivity index (χ0v) is 17.5. The number of furan rings is 1. The topological polar surface area (TPSA) is 97.7 Å². The van der Waals surface area contributed by atoms with Crippen molar-refractivity contribution in [3.63, 3.8) is 0 Å². The molecule has 1 aliphatic rings. The third-order valence-electron chi connectivity index (χ3n) is 5.42. The number of amides is 1. The molecule has 3 aromatic heterocycles. The van der Waals surface area contributed by atoms with Gasteiger partial charge in [0.25, 0.3) is 5.91 Å². The minimum absolute atomic E-state index is 0.159. The molecule has 9 nitrogen and oxygen atoms in total. The highest BCUT2D eigenvalue weighted by Crippen LogP contribution is 2.25. The second-order valence-corrected chi connectivity index (χ2v) is 7.32. The Morgan fingerprint density at radius 3 is 2.53 bits per heavy atom. The minimum Gasteiger partial charge on any atom is -0.497 e. The van der Waals surface area contributed by atoms with E-state index in [2.05, 4.69) is 20.0 Å². The van der Waals surface area contributed by atoms with E-state index in [4.69, 9.17) is 13.7 Å². The van der Waals surface area contributed by atoms with Crippen LogP contribution in [0.5, 0.6) is 5.75 Å². The molecule has 0 aliphatic carbocycles. The molecular weight excluding hydrogens is 410 g/mol. The van der Waals surface area contributed by atoms with E-state index in [-0.39, 0.29) is 11.6 Å². The third kappa shape index (κ3) is 3.92. The summed E-state index contributed by atoms with van der Waals surface area (Å²) in [7, 11) is 1.64. The van der Waals surface area contributed by atoms with Crippen molar-refractivity contribution in [2.24, 2.45) is 0 Å². The van der Waals surface area contributed by atoms with Crippen LogP contribution >= 0.6 is 0 Å². The van der Waals surface area contributed by atoms with E-state index in [9.17, 15) is 4.79 Å². The number of hydrogen-bond acceptors (Lipinski definition) is 8. The molecule has 0 radical (unpaired) electrons. The van der Waals surface area contributed by atoms with Crippen LogP contribution in [0.2, 0.25) is 0 Å². The van der Waals surface area contributed by atoms with Gasteiger partial charge in [-0.3, -0.25) is 4.79 Å². The van der Waals surface area contributed by atoms with E-state index in [1.165, 1.54) is 0 Å². The molecule has 1 fully saturated rings. The average Bonchev–Trinajstić information content (AvgIpc) is 3.56. The van der Waals surface area contributed by atoms with E-state index in [0.717, 1.165) is 22.8 Å². The SMILES string of the molecule is COc1ccc(-c2cc(N3CCN(C(=O)c4cc(-c5ccco5)on4)CC3)ncn2)cc1. The lowest BCUT2D eigenvalue weighted by molar-refractivity contribution is 0.0736. The Balaban J connectivity index is 1.24. The molecule has 1 aromatic carbocycles. The lowest BCUT2D eigenvalue weighted by atomic mass is 10.1. The van der Waals surface area contributed by atoms with Gasteiger partial charge >= 0.3 is 0 Å². The molecule has 1 saturated heterocycles. The van der Waals surface area contributed by atoms with Crippen molar-refractivity contribution in [2.75, 3.05) is 38.2 Å². The van der Waals surface area contributed by atoms with Crippen molar-refractivity contribution in [2.45, 2.75) is 0 Å². The Hall–Kier alpha value is -4.14. The van der Waals surface area contributed by atoms with Gasteiger partial charge in [-0.15, -0.1) is 0 Å². The number of hydrogen-bond donors (Lipinski definition) is 0. The first kappa shape index (κ1) is 19.8. The molecule has 9 heteroatoms. The van der Waals surface area contributed by atoms with Crippen LogP contribution in [0.3, 0.4) is 0 Å². The predicted octanol–water partition coefficient (Wildman–Crippen LogP) is 3.36. The molecule has 0 N–H and O–H groups in total. The molecule has 4 aromatic rings. The highest BCUT2D eigenvalue weighted by molar-refractivity contribution is 5.93. The van der Waals surface area contributed by atoms with Crippen LogP contribution in [0.15, 0.2) is 70.1 Å². The van der Waals surface area contributed by atoms with Crippen LogP contribution in [-0.4, -0.2) is 59.2 Å². The predicted molar refractivity (Wildman–Crippen MR) is 116 cm³/mol. The second kappa shape index (κ2) is 8.54. The van der Waals surface area contributed by atoms with Gasteiger partial charge in [-0.1, -0.05) is 5.16 Å². The summed E-state index contributed by atoms with van der Waals surface area (Å²) in [6, 6.07) is 14.8. The fourth-order valence-corrected chi connectivity index (χ4v) is 3.65. The quantitative estimate of drug-likeness (QED) is 0.474. The Kier molecular flexibility index (Phi) is 5.29. The minimum atomic E-state index is -0.159. The van der Waals surface area contributed by atoms with E-state index in [1.807, 2.05) is 30.3 Å². The molecule has 1 aliphatic heterocycles. The van der Waals surface area contributed by atoms with E-state index in [1.54, 1.807) is 42.8 Å². The first-order chi connectivity index (χ1) is 15.7. The van der Waals surface area contributed by atoms with Crippen LogP contribution in [0, 0.1) is 0 Å². The summed E-state index contributed by atoms with van der Waals surface area (Å²) >= 11 is 0. The van der Waals surface area contributed by atoms with Crippen LogP contribution < -0.4 is 9.64 Å². The number of anilines is 1. The molecular formula is C23H21N5O4. The van der Waals surface area contributed by atoms with Gasteiger partial charge < -0.3 is 23.5 Å². The van der Waals surface area contributed by atoms with E-state index >= 15 is 0 Å². The maximum atomic E-state index is 12.8. The molecule has 0 unspecified atom stereocenters. The first-order valence-electron chi connectivity index (χ1n) is 10.2. The van der Waals surface area contributed by atoms with Crippen molar-refractivity contribution in [1.82, 2.24) is 20.0 Å². The number of methoxy groups -OCH3 is 1. The smallest absolute Gasteiger partial charge is 0.276 e. The number of nitrogens with zero attached hydrogens (tertiary/aromatic N) is 5. The van der Waals surface area contributed by atoms with Gasteiger partial charge in [0.2, 0.25) is 5.76 Å². The van der Waals surface area contributed by atoms with Crippen LogP contribution in [0.4, 0.5) is 5.82 Å². The summed E-state index contributed by atoms with van der Waals surface area (Å²) in [6.45, 7) is 2.44. The molecule has 0 spiro atoms. The maximum Gasteiger partial charge on any atom is 0.276 e. The van der Waals surface area contributed by atoms with Gasteiger partial charge in [-0.05, 0) is 36.4 Å². The van der Waals surface area contributed by atoms with Gasteiger partial charge in [0.05, 0.1) is 19.1 Å². The molecule has 5 rings (SSSR count). The number of carbonyl (C=O) groups excluding carboxylic acids is 1. The first-order valence-corrected chi connectivity index (χ1v) is 10.2. The van der Waals surface area contributed by atoms with Crippen molar-refractivity contribution in [1.29, 1.82) is 0 Å². The summed E-state index contributed by atoms with van der Waals surface area (Å²) in [5.74, 6) is 2.45. The number of carbonyl (C=O) groups is 1. The molecule has 0 saturated carbocycles. The molecule has 4 heterocycles. The van der Waals surface area contributed by atoms with Crippen molar-refractivity contribution < 1.29 is 18.5 Å². The number of ether oxygens (including phenoxy) is 1. The van der Waals surface area contributed by atoms with Crippen molar-refractivity contribution in [3.8, 4) is 28.5 Å². The van der Waals surface area contributed by atoms with Gasteiger partial charge in [-0.25, -0.2) is 9.97 Å². The largest absolute Gasteiger partial charge is 0.497 e. The molecule has 0 bridgehead atoms. The summed E-state index contributed by atoms with van der Waals surface area (Å²) in [5, 5.41) is 3.91. The highest BCUT2D eigenvalue weighted by Gasteiger charge is 2.26. The summed E-state index contributed by atoms with van der Waals surface area (Å²) in [6.07, 6.45) is 3.11. The van der Waals surface area contributed by atoms with Crippen LogP contribution in [-0.2, 0) is 0 Å². The number of aromatic nitrogens is 3. The highest BCUT2D eigenvalue weighted by atomic mass is 16.5. The number of rotatable bonds is 5. The summed E-state index contributed by atoms with van der Waals surface area (Å²) in [5.41, 5.74) is 2.10. The summed E-state index contributed by atoms with van der Waals surface area (Å²) in [4.78, 5) is 25.6. The average molecular weight is 431 g/mol. The second-order valence-electron chi connectivity index (χ2n) is 7.32. The van der Waals surface area contributed by atoms with Crippen LogP contribution in [0.1, 0.15) is 10.5 Å². The Bertz CT molecular complexity index is 1200. The molecule has 162 valence electrons. The Labute approximate surface area is 184 Å². The molecule has 32 heavy (non-hydrogen) atoms. The Morgan fingerprint density at radius 2 is 1.81 bits per heavy atom. The molecule has 0 atom stereocenters. The van der Waals surface area contributed by atoms with Gasteiger partial charge in [0.1, 0.15) is 17.9 Å². The van der Waals surface area contributed by atoms with Crippen LogP contribution in [0.25, 0.3) is 22.8 Å². The normalized spacial score (nSPS) is 13.9. The van der Waals surface area contributed by atoms with E-state index < -0.39 is 0 Å².